The molecular weight excluding hydrogens is 440 g/mol. The molecule has 2 aromatic carbocycles. The first-order valence-electron chi connectivity index (χ1n) is 11.1. The molecule has 5 rings (SSSR count). The molecule has 1 aliphatic heterocycles. The number of benzene rings is 2. The van der Waals surface area contributed by atoms with E-state index in [0.29, 0.717) is 34.7 Å². The molecule has 1 unspecified atom stereocenters. The van der Waals surface area contributed by atoms with Gasteiger partial charge >= 0.3 is 6.09 Å². The largest absolute Gasteiger partial charge is 0.419 e. The molecule has 2 aliphatic rings. The minimum absolute atomic E-state index is 0.0698. The van der Waals surface area contributed by atoms with E-state index in [1.807, 2.05) is 49.1 Å². The van der Waals surface area contributed by atoms with Gasteiger partial charge in [0, 0.05) is 30.3 Å². The van der Waals surface area contributed by atoms with Crippen LogP contribution in [0.5, 0.6) is 5.75 Å². The van der Waals surface area contributed by atoms with Crippen LogP contribution in [0.4, 0.5) is 16.2 Å². The maximum Gasteiger partial charge on any atom is 0.419 e. The van der Waals surface area contributed by atoms with Crippen LogP contribution in [0.25, 0.3) is 11.1 Å². The zero-order chi connectivity index (χ0) is 23.3. The lowest BCUT2D eigenvalue weighted by Gasteiger charge is -2.40. The molecule has 7 nitrogen and oxygen atoms in total. The topological polar surface area (TPSA) is 67.7 Å². The van der Waals surface area contributed by atoms with Gasteiger partial charge in [-0.05, 0) is 68.1 Å². The van der Waals surface area contributed by atoms with Gasteiger partial charge in [0.25, 0.3) is 0 Å². The number of aromatic nitrogens is 2. The highest BCUT2D eigenvalue weighted by Gasteiger charge is 2.35. The maximum absolute atomic E-state index is 13.3. The number of anilines is 2. The molecular formula is C25H25ClN4O3. The van der Waals surface area contributed by atoms with Crippen LogP contribution in [-0.4, -0.2) is 34.4 Å². The summed E-state index contributed by atoms with van der Waals surface area (Å²) in [7, 11) is 0. The fourth-order valence-electron chi connectivity index (χ4n) is 4.36. The number of amides is 2. The van der Waals surface area contributed by atoms with Gasteiger partial charge in [-0.3, -0.25) is 14.4 Å². The van der Waals surface area contributed by atoms with Crippen molar-refractivity contribution in [2.24, 2.45) is 0 Å². The number of carbonyl (C=O) groups excluding carboxylic acids is 2. The lowest BCUT2D eigenvalue weighted by Crippen LogP contribution is -2.52. The number of hydrogen-bond donors (Lipinski definition) is 0. The summed E-state index contributed by atoms with van der Waals surface area (Å²) >= 11 is 6.04. The number of aryl methyl sites for hydroxylation is 1. The molecule has 0 radical (unpaired) electrons. The van der Waals surface area contributed by atoms with Crippen molar-refractivity contribution in [3.63, 3.8) is 0 Å². The molecule has 0 bridgehead atoms. The van der Waals surface area contributed by atoms with Gasteiger partial charge in [-0.2, -0.15) is 5.10 Å². The fourth-order valence-corrected chi connectivity index (χ4v) is 4.59. The normalized spacial score (nSPS) is 17.6. The van der Waals surface area contributed by atoms with Crippen molar-refractivity contribution in [1.29, 1.82) is 0 Å². The standard InChI is InChI=1S/C25H25ClN4O3/c1-15-10-20(26)5-9-24(15)33-25(32)28-13-16(2)30(17(3)31)22-8-4-18(11-23(22)28)19-12-27-29(14-19)21-6-7-21/h4-5,8-12,14,16,21H,6-7,13H2,1-3H3. The molecule has 1 aliphatic carbocycles. The molecule has 1 atom stereocenters. The Morgan fingerprint density at radius 1 is 1.09 bits per heavy atom. The molecule has 1 saturated carbocycles. The quantitative estimate of drug-likeness (QED) is 0.505. The number of nitrogens with zero attached hydrogens (tertiary/aromatic N) is 4. The molecule has 1 aromatic heterocycles. The van der Waals surface area contributed by atoms with Crippen LogP contribution in [0.3, 0.4) is 0 Å². The molecule has 170 valence electrons. The molecule has 2 heterocycles. The van der Waals surface area contributed by atoms with Crippen molar-refractivity contribution < 1.29 is 14.3 Å². The van der Waals surface area contributed by atoms with E-state index in [9.17, 15) is 9.59 Å². The third kappa shape index (κ3) is 4.09. The summed E-state index contributed by atoms with van der Waals surface area (Å²) in [6.45, 7) is 5.63. The van der Waals surface area contributed by atoms with E-state index >= 15 is 0 Å². The molecule has 0 N–H and O–H groups in total. The highest BCUT2D eigenvalue weighted by atomic mass is 35.5. The van der Waals surface area contributed by atoms with E-state index < -0.39 is 6.09 Å². The average molecular weight is 465 g/mol. The van der Waals surface area contributed by atoms with Crippen molar-refractivity contribution in [3.05, 3.63) is 59.4 Å². The summed E-state index contributed by atoms with van der Waals surface area (Å²) in [4.78, 5) is 29.0. The minimum atomic E-state index is -0.498. The van der Waals surface area contributed by atoms with Crippen molar-refractivity contribution in [2.75, 3.05) is 16.3 Å². The summed E-state index contributed by atoms with van der Waals surface area (Å²) in [5.41, 5.74) is 3.99. The smallest absolute Gasteiger partial charge is 0.410 e. The zero-order valence-electron chi connectivity index (χ0n) is 18.8. The number of fused-ring (bicyclic) bond motifs is 1. The fraction of sp³-hybridized carbons (Fsp3) is 0.320. The van der Waals surface area contributed by atoms with Crippen LogP contribution in [0.2, 0.25) is 5.02 Å². The first kappa shape index (κ1) is 21.5. The highest BCUT2D eigenvalue weighted by molar-refractivity contribution is 6.30. The molecule has 33 heavy (non-hydrogen) atoms. The monoisotopic (exact) mass is 464 g/mol. The Labute approximate surface area is 197 Å². The number of carbonyl (C=O) groups is 2. The number of halogens is 1. The predicted molar refractivity (Wildman–Crippen MR) is 128 cm³/mol. The van der Waals surface area contributed by atoms with E-state index in [4.69, 9.17) is 16.3 Å². The van der Waals surface area contributed by atoms with Gasteiger partial charge in [-0.1, -0.05) is 17.7 Å². The lowest BCUT2D eigenvalue weighted by molar-refractivity contribution is -0.117. The summed E-state index contributed by atoms with van der Waals surface area (Å²) in [5, 5.41) is 5.07. The van der Waals surface area contributed by atoms with Gasteiger partial charge in [-0.15, -0.1) is 0 Å². The molecule has 1 fully saturated rings. The third-order valence-corrected chi connectivity index (χ3v) is 6.40. The van der Waals surface area contributed by atoms with E-state index in [0.717, 1.165) is 29.5 Å². The first-order chi connectivity index (χ1) is 15.8. The van der Waals surface area contributed by atoms with Crippen molar-refractivity contribution in [2.45, 2.75) is 45.7 Å². The highest BCUT2D eigenvalue weighted by Crippen LogP contribution is 2.40. The summed E-state index contributed by atoms with van der Waals surface area (Å²) in [6.07, 6.45) is 5.69. The van der Waals surface area contributed by atoms with Crippen molar-refractivity contribution in [1.82, 2.24) is 9.78 Å². The van der Waals surface area contributed by atoms with Crippen LogP contribution < -0.4 is 14.5 Å². The van der Waals surface area contributed by atoms with Gasteiger partial charge in [0.05, 0.1) is 29.7 Å². The maximum atomic E-state index is 13.3. The van der Waals surface area contributed by atoms with E-state index in [2.05, 4.69) is 5.10 Å². The van der Waals surface area contributed by atoms with Gasteiger partial charge in [0.2, 0.25) is 5.91 Å². The van der Waals surface area contributed by atoms with E-state index in [-0.39, 0.29) is 11.9 Å². The van der Waals surface area contributed by atoms with Gasteiger partial charge in [-0.25, -0.2) is 4.79 Å². The van der Waals surface area contributed by atoms with Crippen LogP contribution in [0.1, 0.15) is 38.3 Å². The molecule has 0 saturated heterocycles. The summed E-state index contributed by atoms with van der Waals surface area (Å²) < 4.78 is 7.73. The Morgan fingerprint density at radius 3 is 2.58 bits per heavy atom. The summed E-state index contributed by atoms with van der Waals surface area (Å²) in [5.74, 6) is 0.383. The Balaban J connectivity index is 1.52. The van der Waals surface area contributed by atoms with Crippen molar-refractivity contribution >= 4 is 35.0 Å². The molecule has 3 aromatic rings. The minimum Gasteiger partial charge on any atom is -0.410 e. The Bertz CT molecular complexity index is 1250. The zero-order valence-corrected chi connectivity index (χ0v) is 19.5. The number of hydrogen-bond acceptors (Lipinski definition) is 4. The van der Waals surface area contributed by atoms with E-state index in [1.165, 1.54) is 0 Å². The number of rotatable bonds is 3. The Hall–Kier alpha value is -3.32. The van der Waals surface area contributed by atoms with Crippen molar-refractivity contribution in [3.8, 4) is 16.9 Å². The van der Waals surface area contributed by atoms with Crippen LogP contribution in [0.15, 0.2) is 48.8 Å². The average Bonchev–Trinajstić information content (AvgIpc) is 3.51. The molecule has 8 heteroatoms. The molecule has 2 amide bonds. The second kappa shape index (κ2) is 8.23. The molecule has 0 spiro atoms. The Kier molecular flexibility index (Phi) is 5.37. The second-order valence-electron chi connectivity index (χ2n) is 8.77. The number of ether oxygens (including phenoxy) is 1. The van der Waals surface area contributed by atoms with Gasteiger partial charge in [0.1, 0.15) is 5.75 Å². The van der Waals surface area contributed by atoms with Crippen LogP contribution in [-0.2, 0) is 4.79 Å². The van der Waals surface area contributed by atoms with Gasteiger partial charge < -0.3 is 9.64 Å². The third-order valence-electron chi connectivity index (χ3n) is 6.16. The lowest BCUT2D eigenvalue weighted by atomic mass is 10.0. The predicted octanol–water partition coefficient (Wildman–Crippen LogP) is 5.61. The SMILES string of the molecule is CC(=O)N1c2ccc(-c3cnn(C4CC4)c3)cc2N(C(=O)Oc2ccc(Cl)cc2C)CC1C. The van der Waals surface area contributed by atoms with Gasteiger partial charge in [0.15, 0.2) is 0 Å². The van der Waals surface area contributed by atoms with E-state index in [1.54, 1.807) is 34.9 Å². The summed E-state index contributed by atoms with van der Waals surface area (Å²) in [6, 6.07) is 11.2. The first-order valence-corrected chi connectivity index (χ1v) is 11.4. The Morgan fingerprint density at radius 2 is 1.88 bits per heavy atom. The van der Waals surface area contributed by atoms with Crippen LogP contribution in [0, 0.1) is 6.92 Å². The second-order valence-corrected chi connectivity index (χ2v) is 9.21. The van der Waals surface area contributed by atoms with Crippen LogP contribution >= 0.6 is 11.6 Å².